The zero-order valence-corrected chi connectivity index (χ0v) is 13.8. The van der Waals surface area contributed by atoms with Gasteiger partial charge in [-0.2, -0.15) is 4.98 Å². The van der Waals surface area contributed by atoms with Gasteiger partial charge >= 0.3 is 5.69 Å². The molecule has 1 aromatic carbocycles. The third-order valence-electron chi connectivity index (χ3n) is 3.24. The summed E-state index contributed by atoms with van der Waals surface area (Å²) in [6.07, 6.45) is 1.57. The first-order chi connectivity index (χ1) is 11.9. The van der Waals surface area contributed by atoms with Crippen LogP contribution in [0.5, 0.6) is 0 Å². The average Bonchev–Trinajstić information content (AvgIpc) is 2.55. The summed E-state index contributed by atoms with van der Waals surface area (Å²) < 4.78 is 27.6. The van der Waals surface area contributed by atoms with Crippen molar-refractivity contribution in [1.29, 1.82) is 0 Å². The summed E-state index contributed by atoms with van der Waals surface area (Å²) in [5.41, 5.74) is 0.727. The first-order valence-corrected chi connectivity index (χ1v) is 8.16. The van der Waals surface area contributed by atoms with Gasteiger partial charge in [0.05, 0.1) is 11.4 Å². The molecule has 0 saturated heterocycles. The number of carbonyl (C=O) groups is 1. The number of hydrogen-bond donors (Lipinski definition) is 1. The number of nitrogens with zero attached hydrogens (tertiary/aromatic N) is 3. The normalized spacial score (nSPS) is 10.8. The van der Waals surface area contributed by atoms with Crippen molar-refractivity contribution in [2.45, 2.75) is 12.1 Å². The van der Waals surface area contributed by atoms with Crippen LogP contribution < -0.4 is 11.0 Å². The predicted molar refractivity (Wildman–Crippen MR) is 89.7 cm³/mol. The zero-order valence-electron chi connectivity index (χ0n) is 13.0. The molecule has 1 N–H and O–H groups in total. The molecular weight excluding hydrogens is 350 g/mol. The summed E-state index contributed by atoms with van der Waals surface area (Å²) in [5, 5.41) is 2.47. The van der Waals surface area contributed by atoms with E-state index in [9.17, 15) is 18.4 Å². The van der Waals surface area contributed by atoms with Crippen LogP contribution in [-0.2, 0) is 4.79 Å². The van der Waals surface area contributed by atoms with E-state index in [0.29, 0.717) is 11.7 Å². The van der Waals surface area contributed by atoms with Gasteiger partial charge in [-0.15, -0.1) is 0 Å². The minimum absolute atomic E-state index is 0.123. The molecule has 0 aliphatic rings. The Morgan fingerprint density at radius 2 is 2.04 bits per heavy atom. The number of hydrogen-bond acceptors (Lipinski definition) is 5. The van der Waals surface area contributed by atoms with E-state index in [2.05, 4.69) is 15.3 Å². The fourth-order valence-electron chi connectivity index (χ4n) is 2.07. The van der Waals surface area contributed by atoms with E-state index in [0.717, 1.165) is 29.5 Å². The van der Waals surface area contributed by atoms with E-state index >= 15 is 0 Å². The molecule has 0 spiro atoms. The second-order valence-corrected chi connectivity index (χ2v) is 6.12. The van der Waals surface area contributed by atoms with Gasteiger partial charge in [0.1, 0.15) is 17.3 Å². The van der Waals surface area contributed by atoms with Crippen LogP contribution in [0, 0.1) is 18.6 Å². The molecule has 2 aromatic heterocycles. The minimum Gasteiger partial charge on any atom is -0.323 e. The number of nitrogens with one attached hydrogen (secondary N) is 1. The fourth-order valence-corrected chi connectivity index (χ4v) is 2.70. The number of thioether (sulfide) groups is 1. The van der Waals surface area contributed by atoms with Crippen molar-refractivity contribution >= 4 is 29.0 Å². The molecule has 0 atom stereocenters. The summed E-state index contributed by atoms with van der Waals surface area (Å²) in [7, 11) is 0. The fraction of sp³-hybridized carbons (Fsp3) is 0.125. The molecular formula is C16H12F2N4O2S. The van der Waals surface area contributed by atoms with Gasteiger partial charge in [0.15, 0.2) is 5.16 Å². The topological polar surface area (TPSA) is 76.4 Å². The number of halogens is 2. The molecule has 9 heteroatoms. The van der Waals surface area contributed by atoms with Crippen LogP contribution >= 0.6 is 11.8 Å². The van der Waals surface area contributed by atoms with Crippen molar-refractivity contribution in [3.8, 4) is 0 Å². The largest absolute Gasteiger partial charge is 0.355 e. The van der Waals surface area contributed by atoms with Gasteiger partial charge in [0, 0.05) is 12.3 Å². The summed E-state index contributed by atoms with van der Waals surface area (Å²) in [6.45, 7) is 1.87. The maximum atomic E-state index is 13.5. The Morgan fingerprint density at radius 1 is 1.24 bits per heavy atom. The van der Waals surface area contributed by atoms with Gasteiger partial charge in [-0.1, -0.05) is 11.8 Å². The number of pyridine rings is 1. The van der Waals surface area contributed by atoms with Gasteiger partial charge in [0.25, 0.3) is 0 Å². The van der Waals surface area contributed by atoms with Crippen molar-refractivity contribution in [1.82, 2.24) is 14.4 Å². The van der Waals surface area contributed by atoms with Gasteiger partial charge < -0.3 is 5.32 Å². The lowest BCUT2D eigenvalue weighted by Crippen LogP contribution is -2.20. The van der Waals surface area contributed by atoms with Crippen LogP contribution in [0.3, 0.4) is 0 Å². The van der Waals surface area contributed by atoms with Crippen LogP contribution in [0.25, 0.3) is 5.65 Å². The second-order valence-electron chi connectivity index (χ2n) is 5.18. The first kappa shape index (κ1) is 17.0. The molecule has 3 aromatic rings. The Hall–Kier alpha value is -2.81. The first-order valence-electron chi connectivity index (χ1n) is 7.17. The van der Waals surface area contributed by atoms with E-state index in [1.54, 1.807) is 18.3 Å². The van der Waals surface area contributed by atoms with E-state index in [-0.39, 0.29) is 16.6 Å². The number of amides is 1. The maximum absolute atomic E-state index is 13.5. The summed E-state index contributed by atoms with van der Waals surface area (Å²) in [5.74, 6) is -2.25. The van der Waals surface area contributed by atoms with Crippen molar-refractivity contribution in [2.75, 3.05) is 11.1 Å². The van der Waals surface area contributed by atoms with Gasteiger partial charge in [0.2, 0.25) is 5.91 Å². The molecule has 0 unspecified atom stereocenters. The average molecular weight is 362 g/mol. The third kappa shape index (κ3) is 4.00. The summed E-state index contributed by atoms with van der Waals surface area (Å²) in [4.78, 5) is 31.8. The van der Waals surface area contributed by atoms with Crippen molar-refractivity contribution in [3.05, 3.63) is 64.2 Å². The van der Waals surface area contributed by atoms with Crippen molar-refractivity contribution < 1.29 is 13.6 Å². The van der Waals surface area contributed by atoms with E-state index in [1.165, 1.54) is 4.40 Å². The maximum Gasteiger partial charge on any atom is 0.355 e. The second kappa shape index (κ2) is 6.98. The minimum atomic E-state index is -0.867. The third-order valence-corrected chi connectivity index (χ3v) is 4.08. The van der Waals surface area contributed by atoms with Crippen molar-refractivity contribution in [3.63, 3.8) is 0 Å². The lowest BCUT2D eigenvalue weighted by atomic mass is 10.3. The number of aryl methyl sites for hydroxylation is 1. The number of rotatable bonds is 4. The Labute approximate surface area is 144 Å². The van der Waals surface area contributed by atoms with E-state index in [4.69, 9.17) is 0 Å². The molecule has 25 heavy (non-hydrogen) atoms. The highest BCUT2D eigenvalue weighted by atomic mass is 32.2. The summed E-state index contributed by atoms with van der Waals surface area (Å²) >= 11 is 0.948. The summed E-state index contributed by atoms with van der Waals surface area (Å²) in [6, 6.07) is 6.34. The highest BCUT2D eigenvalue weighted by molar-refractivity contribution is 7.99. The molecule has 0 saturated carbocycles. The van der Waals surface area contributed by atoms with Gasteiger partial charge in [-0.3, -0.25) is 9.20 Å². The molecule has 1 amide bonds. The molecule has 6 nitrogen and oxygen atoms in total. The van der Waals surface area contributed by atoms with E-state index < -0.39 is 23.2 Å². The van der Waals surface area contributed by atoms with Crippen LogP contribution in [-0.4, -0.2) is 26.0 Å². The zero-order chi connectivity index (χ0) is 18.0. The van der Waals surface area contributed by atoms with Crippen LogP contribution in [0.2, 0.25) is 0 Å². The number of fused-ring (bicyclic) bond motifs is 1. The molecule has 0 aliphatic carbocycles. The van der Waals surface area contributed by atoms with Gasteiger partial charge in [-0.05, 0) is 36.8 Å². The Bertz CT molecular complexity index is 1020. The Morgan fingerprint density at radius 3 is 2.80 bits per heavy atom. The van der Waals surface area contributed by atoms with Crippen LogP contribution in [0.1, 0.15) is 5.56 Å². The predicted octanol–water partition coefficient (Wildman–Crippen LogP) is 2.41. The molecule has 0 bridgehead atoms. The highest BCUT2D eigenvalue weighted by Crippen LogP contribution is 2.17. The molecule has 3 rings (SSSR count). The smallest absolute Gasteiger partial charge is 0.323 e. The standard InChI is InChI=1S/C16H12F2N4O2S/c1-9-4-5-22-13(6-9)20-15(21-16(22)24)25-8-14(23)19-12-3-2-10(17)7-11(12)18/h2-7H,8H2,1H3,(H,19,23). The molecule has 2 heterocycles. The van der Waals surface area contributed by atoms with E-state index in [1.807, 2.05) is 6.92 Å². The van der Waals surface area contributed by atoms with Crippen LogP contribution in [0.4, 0.5) is 14.5 Å². The highest BCUT2D eigenvalue weighted by Gasteiger charge is 2.11. The number of benzene rings is 1. The SMILES string of the molecule is Cc1ccn2c(=O)nc(SCC(=O)Nc3ccc(F)cc3F)nc2c1. The number of aromatic nitrogens is 3. The lowest BCUT2D eigenvalue weighted by Gasteiger charge is -2.06. The Kier molecular flexibility index (Phi) is 4.75. The monoisotopic (exact) mass is 362 g/mol. The molecule has 0 fully saturated rings. The molecule has 0 radical (unpaired) electrons. The van der Waals surface area contributed by atoms with Crippen molar-refractivity contribution in [2.24, 2.45) is 0 Å². The lowest BCUT2D eigenvalue weighted by molar-refractivity contribution is -0.113. The molecule has 0 aliphatic heterocycles. The number of carbonyl (C=O) groups excluding carboxylic acids is 1. The molecule has 128 valence electrons. The van der Waals surface area contributed by atoms with Crippen LogP contribution in [0.15, 0.2) is 46.5 Å². The quantitative estimate of drug-likeness (QED) is 0.722. The number of anilines is 1. The Balaban J connectivity index is 1.71. The van der Waals surface area contributed by atoms with Gasteiger partial charge in [-0.25, -0.2) is 18.6 Å².